The van der Waals surface area contributed by atoms with Gasteiger partial charge in [0.05, 0.1) is 28.7 Å². The van der Waals surface area contributed by atoms with Crippen molar-refractivity contribution in [3.63, 3.8) is 0 Å². The number of hydrogen-bond acceptors (Lipinski definition) is 8. The van der Waals surface area contributed by atoms with E-state index in [0.29, 0.717) is 29.8 Å². The summed E-state index contributed by atoms with van der Waals surface area (Å²) in [6, 6.07) is 9.57. The zero-order valence-electron chi connectivity index (χ0n) is 18.9. The van der Waals surface area contributed by atoms with Crippen LogP contribution in [-0.2, 0) is 24.9 Å². The molecule has 2 aromatic carbocycles. The molecular weight excluding hydrogens is 436 g/mol. The van der Waals surface area contributed by atoms with Gasteiger partial charge >= 0.3 is 11.7 Å². The minimum Gasteiger partial charge on any atom is -0.457 e. The second kappa shape index (κ2) is 7.93. The maximum Gasteiger partial charge on any atom is 0.419 e. The van der Waals surface area contributed by atoms with Crippen LogP contribution < -0.4 is 11.1 Å². The number of ether oxygens (including phenoxy) is 1. The van der Waals surface area contributed by atoms with Crippen LogP contribution in [0.1, 0.15) is 38.8 Å². The van der Waals surface area contributed by atoms with E-state index in [1.807, 2.05) is 30.5 Å². The van der Waals surface area contributed by atoms with Crippen molar-refractivity contribution >= 4 is 17.1 Å². The normalized spacial score (nSPS) is 18.4. The van der Waals surface area contributed by atoms with Crippen LogP contribution in [0.5, 0.6) is 0 Å². The molecule has 0 bridgehead atoms. The number of cyclic esters (lactones) is 1. The Morgan fingerprint density at radius 2 is 2.09 bits per heavy atom. The lowest BCUT2D eigenvalue weighted by Crippen LogP contribution is -2.45. The van der Waals surface area contributed by atoms with Gasteiger partial charge in [-0.2, -0.15) is 0 Å². The number of oxazole rings is 1. The highest BCUT2D eigenvalue weighted by Gasteiger charge is 2.28. The minimum absolute atomic E-state index is 0.162. The fourth-order valence-electron chi connectivity index (χ4n) is 4.89. The molecule has 0 spiro atoms. The van der Waals surface area contributed by atoms with Crippen molar-refractivity contribution in [3.8, 4) is 5.69 Å². The average molecular weight is 460 g/mol. The van der Waals surface area contributed by atoms with Gasteiger partial charge < -0.3 is 14.5 Å². The Balaban J connectivity index is 1.19. The van der Waals surface area contributed by atoms with Gasteiger partial charge in [0.15, 0.2) is 5.58 Å². The molecule has 0 radical (unpaired) electrons. The van der Waals surface area contributed by atoms with Crippen LogP contribution in [0.15, 0.2) is 45.7 Å². The van der Waals surface area contributed by atoms with Gasteiger partial charge in [0.2, 0.25) is 0 Å². The van der Waals surface area contributed by atoms with Gasteiger partial charge in [0.1, 0.15) is 6.61 Å². The van der Waals surface area contributed by atoms with E-state index in [0.717, 1.165) is 42.1 Å². The zero-order valence-corrected chi connectivity index (χ0v) is 18.9. The van der Waals surface area contributed by atoms with E-state index in [-0.39, 0.29) is 12.0 Å². The van der Waals surface area contributed by atoms with Crippen molar-refractivity contribution in [2.24, 2.45) is 7.05 Å². The summed E-state index contributed by atoms with van der Waals surface area (Å²) >= 11 is 0. The molecule has 4 heterocycles. The summed E-state index contributed by atoms with van der Waals surface area (Å²) in [6.45, 7) is 5.68. The molecule has 1 atom stereocenters. The molecule has 0 saturated carbocycles. The Morgan fingerprint density at radius 3 is 2.97 bits per heavy atom. The quantitative estimate of drug-likeness (QED) is 0.460. The molecular formula is C24H24N6O4. The smallest absolute Gasteiger partial charge is 0.419 e. The maximum atomic E-state index is 11.9. The van der Waals surface area contributed by atoms with Crippen LogP contribution in [0, 0.1) is 6.92 Å². The summed E-state index contributed by atoms with van der Waals surface area (Å²) in [5.74, 6) is -0.627. The first kappa shape index (κ1) is 20.8. The molecule has 174 valence electrons. The van der Waals surface area contributed by atoms with Gasteiger partial charge in [0, 0.05) is 44.8 Å². The van der Waals surface area contributed by atoms with Gasteiger partial charge in [-0.3, -0.25) is 9.47 Å². The molecule has 4 aromatic rings. The Kier molecular flexibility index (Phi) is 4.85. The standard InChI is InChI=1S/C24H24N6O4/c1-14-17(4-5-18-19(14)13-33-23(18)31)20-12-29(8-7-25-20)10-15-11-30(27-26-15)16-3-6-22-21(9-16)28(2)24(32)34-22/h3-6,9,11,20,25H,7-8,10,12-13H2,1-2H3. The predicted octanol–water partition coefficient (Wildman–Crippen LogP) is 1.84. The molecule has 6 rings (SSSR count). The van der Waals surface area contributed by atoms with Crippen LogP contribution in [-0.4, -0.2) is 50.1 Å². The van der Waals surface area contributed by atoms with Crippen molar-refractivity contribution in [3.05, 3.63) is 75.0 Å². The molecule has 0 aliphatic carbocycles. The van der Waals surface area contributed by atoms with E-state index < -0.39 is 5.76 Å². The largest absolute Gasteiger partial charge is 0.457 e. The number of nitrogens with zero attached hydrogens (tertiary/aromatic N) is 5. The highest BCUT2D eigenvalue weighted by molar-refractivity contribution is 5.94. The number of aryl methyl sites for hydroxylation is 1. The van der Waals surface area contributed by atoms with Crippen molar-refractivity contribution in [1.29, 1.82) is 0 Å². The lowest BCUT2D eigenvalue weighted by molar-refractivity contribution is 0.0535. The number of benzene rings is 2. The number of fused-ring (bicyclic) bond motifs is 2. The molecule has 10 heteroatoms. The van der Waals surface area contributed by atoms with Crippen molar-refractivity contribution in [2.75, 3.05) is 19.6 Å². The lowest BCUT2D eigenvalue weighted by atomic mass is 9.93. The van der Waals surface area contributed by atoms with Crippen molar-refractivity contribution < 1.29 is 13.9 Å². The molecule has 1 saturated heterocycles. The molecule has 34 heavy (non-hydrogen) atoms. The Morgan fingerprint density at radius 1 is 1.21 bits per heavy atom. The van der Waals surface area contributed by atoms with Crippen molar-refractivity contribution in [1.82, 2.24) is 29.8 Å². The molecule has 0 amide bonds. The van der Waals surface area contributed by atoms with E-state index in [2.05, 4.69) is 27.5 Å². The van der Waals surface area contributed by atoms with Crippen LogP contribution in [0.3, 0.4) is 0 Å². The number of nitrogens with one attached hydrogen (secondary N) is 1. The summed E-state index contributed by atoms with van der Waals surface area (Å²) in [6.07, 6.45) is 1.92. The first-order chi connectivity index (χ1) is 16.5. The molecule has 1 unspecified atom stereocenters. The predicted molar refractivity (Wildman–Crippen MR) is 123 cm³/mol. The van der Waals surface area contributed by atoms with Crippen LogP contribution in [0.4, 0.5) is 0 Å². The van der Waals surface area contributed by atoms with E-state index in [1.165, 1.54) is 10.1 Å². The van der Waals surface area contributed by atoms with Gasteiger partial charge in [-0.1, -0.05) is 11.3 Å². The van der Waals surface area contributed by atoms with Gasteiger partial charge in [-0.25, -0.2) is 14.3 Å². The maximum absolute atomic E-state index is 11.9. The third kappa shape index (κ3) is 3.42. The number of piperazine rings is 1. The summed E-state index contributed by atoms with van der Waals surface area (Å²) in [7, 11) is 1.68. The van der Waals surface area contributed by atoms with Gasteiger partial charge in [-0.05, 0) is 42.3 Å². The Hall–Kier alpha value is -3.76. The summed E-state index contributed by atoms with van der Waals surface area (Å²) in [5.41, 5.74) is 6.93. The summed E-state index contributed by atoms with van der Waals surface area (Å²) in [5, 5.41) is 12.3. The number of esters is 1. The van der Waals surface area contributed by atoms with E-state index in [1.54, 1.807) is 17.8 Å². The number of carbonyl (C=O) groups is 1. The SMILES string of the molecule is Cc1c(C2CN(Cc3cn(-c4ccc5oc(=O)n(C)c5c4)nn3)CCN2)ccc2c1COC2=O. The highest BCUT2D eigenvalue weighted by atomic mass is 16.5. The topological polar surface area (TPSA) is 107 Å². The molecule has 2 aliphatic rings. The number of carbonyl (C=O) groups excluding carboxylic acids is 1. The highest BCUT2D eigenvalue weighted by Crippen LogP contribution is 2.30. The lowest BCUT2D eigenvalue weighted by Gasteiger charge is -2.34. The third-order valence-electron chi connectivity index (χ3n) is 6.81. The fourth-order valence-corrected chi connectivity index (χ4v) is 4.89. The minimum atomic E-state index is -0.391. The Labute approximate surface area is 194 Å². The number of hydrogen-bond donors (Lipinski definition) is 1. The zero-order chi connectivity index (χ0) is 23.4. The fraction of sp³-hybridized carbons (Fsp3) is 0.333. The summed E-state index contributed by atoms with van der Waals surface area (Å²) in [4.78, 5) is 26.0. The number of aromatic nitrogens is 4. The Bertz CT molecular complexity index is 1480. The van der Waals surface area contributed by atoms with Crippen LogP contribution in [0.2, 0.25) is 0 Å². The van der Waals surface area contributed by atoms with Gasteiger partial charge in [-0.15, -0.1) is 5.10 Å². The molecule has 1 N–H and O–H groups in total. The first-order valence-corrected chi connectivity index (χ1v) is 11.2. The molecule has 2 aliphatic heterocycles. The van der Waals surface area contributed by atoms with E-state index in [4.69, 9.17) is 9.15 Å². The first-order valence-electron chi connectivity index (χ1n) is 11.2. The third-order valence-corrected chi connectivity index (χ3v) is 6.81. The second-order valence-electron chi connectivity index (χ2n) is 8.86. The molecule has 2 aromatic heterocycles. The monoisotopic (exact) mass is 460 g/mol. The van der Waals surface area contributed by atoms with Crippen LogP contribution in [0.25, 0.3) is 16.8 Å². The van der Waals surface area contributed by atoms with Crippen molar-refractivity contribution in [2.45, 2.75) is 26.1 Å². The number of rotatable bonds is 4. The van der Waals surface area contributed by atoms with Crippen LogP contribution >= 0.6 is 0 Å². The second-order valence-corrected chi connectivity index (χ2v) is 8.86. The van der Waals surface area contributed by atoms with E-state index >= 15 is 0 Å². The summed E-state index contributed by atoms with van der Waals surface area (Å²) < 4.78 is 13.6. The van der Waals surface area contributed by atoms with Gasteiger partial charge in [0.25, 0.3) is 0 Å². The molecule has 10 nitrogen and oxygen atoms in total. The van der Waals surface area contributed by atoms with E-state index in [9.17, 15) is 9.59 Å². The molecule has 1 fully saturated rings. The average Bonchev–Trinajstić information content (AvgIpc) is 3.53.